The lowest BCUT2D eigenvalue weighted by Gasteiger charge is -2.31. The molecule has 0 aliphatic carbocycles. The molecule has 1 aromatic carbocycles. The van der Waals surface area contributed by atoms with Gasteiger partial charge in [0.2, 0.25) is 0 Å². The van der Waals surface area contributed by atoms with E-state index in [-0.39, 0.29) is 12.5 Å². The molecule has 1 fully saturated rings. The average Bonchev–Trinajstić information content (AvgIpc) is 2.97. The molecule has 3 rings (SSSR count). The minimum absolute atomic E-state index is 0.0562. The van der Waals surface area contributed by atoms with Crippen LogP contribution in [-0.4, -0.2) is 37.0 Å². The number of ether oxygens (including phenoxy) is 1. The molecule has 1 amide bonds. The summed E-state index contributed by atoms with van der Waals surface area (Å²) in [5, 5.41) is 3.90. The van der Waals surface area contributed by atoms with Crippen LogP contribution in [0, 0.1) is 19.8 Å². The minimum Gasteiger partial charge on any atom is -0.482 e. The van der Waals surface area contributed by atoms with E-state index in [1.165, 1.54) is 5.56 Å². The van der Waals surface area contributed by atoms with Crippen LogP contribution in [0.25, 0.3) is 0 Å². The molecule has 152 valence electrons. The maximum absolute atomic E-state index is 12.1. The highest BCUT2D eigenvalue weighted by Crippen LogP contribution is 2.27. The zero-order valence-electron chi connectivity index (χ0n) is 16.3. The molecule has 0 bridgehead atoms. The van der Waals surface area contributed by atoms with Gasteiger partial charge in [0, 0.05) is 23.7 Å². The summed E-state index contributed by atoms with van der Waals surface area (Å²) in [4.78, 5) is 14.5. The fourth-order valence-electron chi connectivity index (χ4n) is 3.47. The van der Waals surface area contributed by atoms with E-state index in [1.54, 1.807) is 18.2 Å². The highest BCUT2D eigenvalue weighted by molar-refractivity contribution is 6.35. The van der Waals surface area contributed by atoms with Gasteiger partial charge in [-0.3, -0.25) is 9.69 Å². The van der Waals surface area contributed by atoms with Gasteiger partial charge in [0.1, 0.15) is 17.3 Å². The molecule has 0 saturated carbocycles. The Kier molecular flexibility index (Phi) is 7.27. The van der Waals surface area contributed by atoms with Gasteiger partial charge in [0.15, 0.2) is 6.61 Å². The van der Waals surface area contributed by atoms with E-state index in [0.717, 1.165) is 44.0 Å². The Morgan fingerprint density at radius 1 is 1.25 bits per heavy atom. The molecule has 0 spiro atoms. The number of carbonyl (C=O) groups is 1. The molecule has 5 nitrogen and oxygen atoms in total. The number of nitrogens with zero attached hydrogens (tertiary/aromatic N) is 1. The third kappa shape index (κ3) is 5.90. The molecular formula is C21H26Cl2N2O3. The number of likely N-dealkylation sites (tertiary alicyclic amines) is 1. The summed E-state index contributed by atoms with van der Waals surface area (Å²) < 4.78 is 11.1. The van der Waals surface area contributed by atoms with Gasteiger partial charge in [0.25, 0.3) is 5.91 Å². The SMILES string of the molecule is Cc1cc(CN2CCC(CNC(=O)COc3ccc(Cl)cc3Cl)CC2)c(C)o1. The van der Waals surface area contributed by atoms with Crippen LogP contribution in [0.4, 0.5) is 0 Å². The fraction of sp³-hybridized carbons (Fsp3) is 0.476. The summed E-state index contributed by atoms with van der Waals surface area (Å²) in [7, 11) is 0. The maximum atomic E-state index is 12.1. The predicted molar refractivity (Wildman–Crippen MR) is 111 cm³/mol. The number of benzene rings is 1. The van der Waals surface area contributed by atoms with Crippen molar-refractivity contribution < 1.29 is 13.9 Å². The molecule has 7 heteroatoms. The Bertz CT molecular complexity index is 814. The van der Waals surface area contributed by atoms with E-state index in [2.05, 4.69) is 16.3 Å². The largest absolute Gasteiger partial charge is 0.482 e. The van der Waals surface area contributed by atoms with Crippen LogP contribution in [-0.2, 0) is 11.3 Å². The van der Waals surface area contributed by atoms with E-state index in [0.29, 0.717) is 28.3 Å². The zero-order valence-corrected chi connectivity index (χ0v) is 17.8. The van der Waals surface area contributed by atoms with Crippen molar-refractivity contribution in [3.8, 4) is 5.75 Å². The van der Waals surface area contributed by atoms with Crippen molar-refractivity contribution in [2.24, 2.45) is 5.92 Å². The first-order valence-electron chi connectivity index (χ1n) is 9.53. The van der Waals surface area contributed by atoms with Crippen molar-refractivity contribution >= 4 is 29.1 Å². The number of amides is 1. The van der Waals surface area contributed by atoms with Crippen LogP contribution < -0.4 is 10.1 Å². The van der Waals surface area contributed by atoms with Gasteiger partial charge in [-0.1, -0.05) is 23.2 Å². The van der Waals surface area contributed by atoms with Crippen LogP contribution in [0.5, 0.6) is 5.75 Å². The van der Waals surface area contributed by atoms with E-state index in [4.69, 9.17) is 32.4 Å². The molecule has 1 aliphatic rings. The number of piperidine rings is 1. The van der Waals surface area contributed by atoms with Crippen molar-refractivity contribution in [3.05, 3.63) is 51.4 Å². The third-order valence-corrected chi connectivity index (χ3v) is 5.62. The lowest BCUT2D eigenvalue weighted by Crippen LogP contribution is -2.39. The average molecular weight is 425 g/mol. The van der Waals surface area contributed by atoms with Crippen LogP contribution in [0.2, 0.25) is 10.0 Å². The summed E-state index contributed by atoms with van der Waals surface area (Å²) in [5.41, 5.74) is 1.27. The number of nitrogens with one attached hydrogen (secondary N) is 1. The quantitative estimate of drug-likeness (QED) is 0.704. The first-order valence-corrected chi connectivity index (χ1v) is 10.3. The molecule has 0 unspecified atom stereocenters. The van der Waals surface area contributed by atoms with Crippen molar-refractivity contribution in [1.29, 1.82) is 0 Å². The van der Waals surface area contributed by atoms with Gasteiger partial charge in [0.05, 0.1) is 5.02 Å². The Morgan fingerprint density at radius 2 is 2.00 bits per heavy atom. The van der Waals surface area contributed by atoms with Gasteiger partial charge in [-0.25, -0.2) is 0 Å². The maximum Gasteiger partial charge on any atom is 0.257 e. The third-order valence-electron chi connectivity index (χ3n) is 5.09. The molecule has 28 heavy (non-hydrogen) atoms. The number of carbonyl (C=O) groups excluding carboxylic acids is 1. The highest BCUT2D eigenvalue weighted by Gasteiger charge is 2.21. The molecule has 0 atom stereocenters. The first-order chi connectivity index (χ1) is 13.4. The zero-order chi connectivity index (χ0) is 20.1. The number of hydrogen-bond acceptors (Lipinski definition) is 4. The standard InChI is InChI=1S/C21H26Cl2N2O3/c1-14-9-17(15(2)28-14)12-25-7-5-16(6-8-25)11-24-21(26)13-27-20-4-3-18(22)10-19(20)23/h3-4,9-10,16H,5-8,11-13H2,1-2H3,(H,24,26). The smallest absolute Gasteiger partial charge is 0.257 e. The lowest BCUT2D eigenvalue weighted by atomic mass is 9.96. The van der Waals surface area contributed by atoms with E-state index < -0.39 is 0 Å². The highest BCUT2D eigenvalue weighted by atomic mass is 35.5. The molecule has 1 saturated heterocycles. The lowest BCUT2D eigenvalue weighted by molar-refractivity contribution is -0.123. The predicted octanol–water partition coefficient (Wildman–Crippen LogP) is 4.61. The Balaban J connectivity index is 1.35. The van der Waals surface area contributed by atoms with Crippen molar-refractivity contribution in [3.63, 3.8) is 0 Å². The Hall–Kier alpha value is -1.69. The normalized spacial score (nSPS) is 15.6. The fourth-order valence-corrected chi connectivity index (χ4v) is 3.94. The van der Waals surface area contributed by atoms with Crippen LogP contribution in [0.1, 0.15) is 29.9 Å². The molecule has 1 N–H and O–H groups in total. The second-order valence-corrected chi connectivity index (χ2v) is 8.17. The van der Waals surface area contributed by atoms with Crippen molar-refractivity contribution in [2.45, 2.75) is 33.2 Å². The number of furan rings is 1. The van der Waals surface area contributed by atoms with Gasteiger partial charge in [-0.15, -0.1) is 0 Å². The Labute approximate surface area is 175 Å². The first kappa shape index (κ1) is 21.0. The van der Waals surface area contributed by atoms with Crippen LogP contribution in [0.15, 0.2) is 28.7 Å². The second kappa shape index (κ2) is 9.68. The van der Waals surface area contributed by atoms with E-state index in [1.807, 2.05) is 13.8 Å². The molecule has 2 aromatic rings. The minimum atomic E-state index is -0.141. The number of rotatable bonds is 7. The van der Waals surface area contributed by atoms with Gasteiger partial charge in [-0.2, -0.15) is 0 Å². The summed E-state index contributed by atoms with van der Waals surface area (Å²) in [6.45, 7) is 7.60. The van der Waals surface area contributed by atoms with Gasteiger partial charge >= 0.3 is 0 Å². The number of halogens is 2. The van der Waals surface area contributed by atoms with Gasteiger partial charge < -0.3 is 14.5 Å². The van der Waals surface area contributed by atoms with Crippen molar-refractivity contribution in [2.75, 3.05) is 26.2 Å². The summed E-state index contributed by atoms with van der Waals surface area (Å²) >= 11 is 11.9. The van der Waals surface area contributed by atoms with Crippen molar-refractivity contribution in [1.82, 2.24) is 10.2 Å². The second-order valence-electron chi connectivity index (χ2n) is 7.33. The summed E-state index contributed by atoms with van der Waals surface area (Å²) in [5.74, 6) is 2.78. The van der Waals surface area contributed by atoms with Gasteiger partial charge in [-0.05, 0) is 70.0 Å². The molecule has 1 aromatic heterocycles. The van der Waals surface area contributed by atoms with E-state index in [9.17, 15) is 4.79 Å². The molecule has 2 heterocycles. The summed E-state index contributed by atoms with van der Waals surface area (Å²) in [6.07, 6.45) is 2.14. The number of hydrogen-bond donors (Lipinski definition) is 1. The number of aryl methyl sites for hydroxylation is 2. The topological polar surface area (TPSA) is 54.7 Å². The monoisotopic (exact) mass is 424 g/mol. The molecule has 0 radical (unpaired) electrons. The van der Waals surface area contributed by atoms with Crippen LogP contribution in [0.3, 0.4) is 0 Å². The van der Waals surface area contributed by atoms with E-state index >= 15 is 0 Å². The molecule has 1 aliphatic heterocycles. The molecular weight excluding hydrogens is 399 g/mol. The Morgan fingerprint density at radius 3 is 2.64 bits per heavy atom. The van der Waals surface area contributed by atoms with Crippen LogP contribution >= 0.6 is 23.2 Å². The summed E-state index contributed by atoms with van der Waals surface area (Å²) in [6, 6.07) is 7.06.